The van der Waals surface area contributed by atoms with Gasteiger partial charge in [0.25, 0.3) is 5.91 Å². The van der Waals surface area contributed by atoms with E-state index in [-0.39, 0.29) is 16.8 Å². The highest BCUT2D eigenvalue weighted by molar-refractivity contribution is 6.31. The van der Waals surface area contributed by atoms with Crippen molar-refractivity contribution in [2.45, 2.75) is 0 Å². The smallest absolute Gasteiger partial charge is 0.337 e. The fourth-order valence-electron chi connectivity index (χ4n) is 2.88. The first kappa shape index (κ1) is 19.2. The zero-order valence-corrected chi connectivity index (χ0v) is 15.9. The monoisotopic (exact) mass is 393 g/mol. The number of halogens is 1. The van der Waals surface area contributed by atoms with E-state index in [9.17, 15) is 20.0 Å². The molecule has 0 radical (unpaired) electrons. The molecule has 0 fully saturated rings. The normalized spacial score (nSPS) is 10.4. The number of aromatic carboxylic acids is 1. The third kappa shape index (κ3) is 3.75. The molecule has 0 aromatic heterocycles. The van der Waals surface area contributed by atoms with E-state index in [0.717, 1.165) is 10.8 Å². The highest BCUT2D eigenvalue weighted by Gasteiger charge is 2.18. The Morgan fingerprint density at radius 2 is 1.75 bits per heavy atom. The molecule has 0 unspecified atom stereocenters. The van der Waals surface area contributed by atoms with Gasteiger partial charge < -0.3 is 15.3 Å². The molecule has 0 saturated heterocycles. The number of hydrogen-bond acceptors (Lipinski definition) is 4. The summed E-state index contributed by atoms with van der Waals surface area (Å²) in [5.74, 6) is -1.68. The summed E-state index contributed by atoms with van der Waals surface area (Å²) in [5, 5.41) is 23.7. The van der Waals surface area contributed by atoms with Crippen LogP contribution >= 0.6 is 11.6 Å². The summed E-state index contributed by atoms with van der Waals surface area (Å²) in [5.41, 5.74) is 1.07. The topological polar surface area (TPSA) is 93.4 Å². The minimum absolute atomic E-state index is 0.122. The van der Waals surface area contributed by atoms with E-state index in [2.05, 4.69) is 5.32 Å². The first-order chi connectivity index (χ1) is 13.3. The van der Waals surface area contributed by atoms with Gasteiger partial charge in [0.15, 0.2) is 0 Å². The van der Waals surface area contributed by atoms with Crippen LogP contribution in [0.1, 0.15) is 26.3 Å². The number of anilines is 2. The summed E-state index contributed by atoms with van der Waals surface area (Å²) < 4.78 is 0. The molecule has 0 heterocycles. The maximum Gasteiger partial charge on any atom is 0.337 e. The Kier molecular flexibility index (Phi) is 5.21. The number of fused-ring (bicyclic) bond motifs is 1. The number of carbonyl (C=O) groups excluding carboxylic acids is 1. The number of nitrogens with one attached hydrogen (secondary N) is 1. The quantitative estimate of drug-likeness (QED) is 0.686. The van der Waals surface area contributed by atoms with Crippen molar-refractivity contribution in [3.8, 4) is 6.07 Å². The van der Waals surface area contributed by atoms with Crippen LogP contribution in [0.5, 0.6) is 0 Å². The van der Waals surface area contributed by atoms with E-state index in [0.29, 0.717) is 16.3 Å². The van der Waals surface area contributed by atoms with Crippen LogP contribution in [-0.2, 0) is 0 Å². The molecule has 3 aromatic carbocycles. The molecule has 0 aliphatic heterocycles. The molecule has 0 saturated carbocycles. The van der Waals surface area contributed by atoms with Crippen molar-refractivity contribution in [2.75, 3.05) is 24.3 Å². The minimum Gasteiger partial charge on any atom is -0.478 e. The molecule has 1 amide bonds. The molecule has 0 bridgehead atoms. The molecule has 6 nitrogen and oxygen atoms in total. The van der Waals surface area contributed by atoms with Crippen LogP contribution in [0.25, 0.3) is 10.8 Å². The van der Waals surface area contributed by atoms with Gasteiger partial charge in [-0.1, -0.05) is 23.7 Å². The van der Waals surface area contributed by atoms with Crippen LogP contribution in [0.15, 0.2) is 48.5 Å². The van der Waals surface area contributed by atoms with Crippen LogP contribution in [0.3, 0.4) is 0 Å². The van der Waals surface area contributed by atoms with Crippen LogP contribution < -0.4 is 10.2 Å². The molecule has 0 atom stereocenters. The predicted octanol–water partition coefficient (Wildman–Crippen LogP) is 4.38. The molecule has 0 spiro atoms. The van der Waals surface area contributed by atoms with Crippen LogP contribution in [0.4, 0.5) is 11.4 Å². The summed E-state index contributed by atoms with van der Waals surface area (Å²) in [6, 6.07) is 15.2. The number of nitriles is 1. The Morgan fingerprint density at radius 3 is 2.39 bits per heavy atom. The number of benzene rings is 3. The van der Waals surface area contributed by atoms with Crippen molar-refractivity contribution >= 4 is 45.6 Å². The van der Waals surface area contributed by atoms with Crippen molar-refractivity contribution in [1.82, 2.24) is 0 Å². The molecular weight excluding hydrogens is 378 g/mol. The molecule has 140 valence electrons. The number of rotatable bonds is 4. The molecule has 7 heteroatoms. The lowest BCUT2D eigenvalue weighted by Crippen LogP contribution is -2.17. The average molecular weight is 394 g/mol. The van der Waals surface area contributed by atoms with Crippen molar-refractivity contribution in [3.63, 3.8) is 0 Å². The zero-order valence-electron chi connectivity index (χ0n) is 15.2. The molecule has 0 aliphatic carbocycles. The van der Waals surface area contributed by atoms with Gasteiger partial charge in [-0.3, -0.25) is 4.79 Å². The van der Waals surface area contributed by atoms with Crippen LogP contribution in [-0.4, -0.2) is 31.1 Å². The number of carboxylic acids is 1. The lowest BCUT2D eigenvalue weighted by Gasteiger charge is -2.18. The lowest BCUT2D eigenvalue weighted by atomic mass is 10.0. The maximum absolute atomic E-state index is 12.7. The maximum atomic E-state index is 12.7. The molecular formula is C21H16ClN3O3. The molecule has 2 N–H and O–H groups in total. The van der Waals surface area contributed by atoms with E-state index < -0.39 is 11.9 Å². The summed E-state index contributed by atoms with van der Waals surface area (Å²) in [6.45, 7) is 0. The molecule has 0 aliphatic rings. The summed E-state index contributed by atoms with van der Waals surface area (Å²) in [7, 11) is 3.47. The average Bonchev–Trinajstić information content (AvgIpc) is 2.66. The van der Waals surface area contributed by atoms with Gasteiger partial charge in [-0.05, 0) is 47.2 Å². The fourth-order valence-corrected chi connectivity index (χ4v) is 3.06. The third-order valence-corrected chi connectivity index (χ3v) is 4.52. The Hall–Kier alpha value is -3.56. The number of carbonyl (C=O) groups is 2. The Balaban J connectivity index is 2.01. The van der Waals surface area contributed by atoms with Gasteiger partial charge in [0.2, 0.25) is 0 Å². The van der Waals surface area contributed by atoms with Gasteiger partial charge in [-0.15, -0.1) is 0 Å². The SMILES string of the molecule is CN(C)c1cc(NC(=O)c2ccc3cc(Cl)ccc3c2)c(C(=O)O)cc1C#N. The first-order valence-corrected chi connectivity index (χ1v) is 8.67. The fraction of sp³-hybridized carbons (Fsp3) is 0.0952. The minimum atomic E-state index is -1.23. The Morgan fingerprint density at radius 1 is 1.07 bits per heavy atom. The van der Waals surface area contributed by atoms with E-state index in [1.165, 1.54) is 12.1 Å². The predicted molar refractivity (Wildman–Crippen MR) is 109 cm³/mol. The van der Waals surface area contributed by atoms with Gasteiger partial charge in [-0.25, -0.2) is 4.79 Å². The third-order valence-electron chi connectivity index (χ3n) is 4.28. The van der Waals surface area contributed by atoms with Crippen LogP contribution in [0, 0.1) is 11.3 Å². The van der Waals surface area contributed by atoms with E-state index in [1.807, 2.05) is 12.1 Å². The highest BCUT2D eigenvalue weighted by atomic mass is 35.5. The summed E-state index contributed by atoms with van der Waals surface area (Å²) in [4.78, 5) is 26.0. The van der Waals surface area contributed by atoms with E-state index in [4.69, 9.17) is 11.6 Å². The van der Waals surface area contributed by atoms with Crippen molar-refractivity contribution < 1.29 is 14.7 Å². The summed E-state index contributed by atoms with van der Waals surface area (Å²) in [6.07, 6.45) is 0. The van der Waals surface area contributed by atoms with Crippen LogP contribution in [0.2, 0.25) is 5.02 Å². The lowest BCUT2D eigenvalue weighted by molar-refractivity contribution is 0.0698. The molecule has 3 aromatic rings. The molecule has 3 rings (SSSR count). The number of nitrogens with zero attached hydrogens (tertiary/aromatic N) is 2. The second kappa shape index (κ2) is 7.59. The zero-order chi connectivity index (χ0) is 20.4. The second-order valence-corrected chi connectivity index (χ2v) is 6.82. The number of carboxylic acid groups (broad SMARTS) is 1. The van der Waals surface area contributed by atoms with E-state index >= 15 is 0 Å². The van der Waals surface area contributed by atoms with Crippen molar-refractivity contribution in [2.24, 2.45) is 0 Å². The number of hydrogen-bond donors (Lipinski definition) is 2. The largest absolute Gasteiger partial charge is 0.478 e. The standard InChI is InChI=1S/C21H16ClN3O3/c1-25(2)19-10-18(17(21(27)28)9-15(19)11-23)24-20(26)14-4-3-13-8-16(22)6-5-12(13)7-14/h3-10H,1-2H3,(H,24,26)(H,27,28). The van der Waals surface area contributed by atoms with Gasteiger partial charge in [0.1, 0.15) is 6.07 Å². The van der Waals surface area contributed by atoms with E-state index in [1.54, 1.807) is 49.3 Å². The highest BCUT2D eigenvalue weighted by Crippen LogP contribution is 2.28. The molecule has 28 heavy (non-hydrogen) atoms. The second-order valence-electron chi connectivity index (χ2n) is 6.39. The van der Waals surface area contributed by atoms with Gasteiger partial charge >= 0.3 is 5.97 Å². The van der Waals surface area contributed by atoms with Crippen molar-refractivity contribution in [1.29, 1.82) is 5.26 Å². The Labute approximate surface area is 166 Å². The summed E-state index contributed by atoms with van der Waals surface area (Å²) >= 11 is 5.98. The van der Waals surface area contributed by atoms with Gasteiger partial charge in [0, 0.05) is 24.7 Å². The number of amides is 1. The van der Waals surface area contributed by atoms with Gasteiger partial charge in [-0.2, -0.15) is 5.26 Å². The van der Waals surface area contributed by atoms with Crippen molar-refractivity contribution in [3.05, 3.63) is 70.2 Å². The first-order valence-electron chi connectivity index (χ1n) is 8.29. The van der Waals surface area contributed by atoms with Gasteiger partial charge in [0.05, 0.1) is 22.5 Å². The Bertz CT molecular complexity index is 1150.